The average molecular weight is 2310 g/mol. The summed E-state index contributed by atoms with van der Waals surface area (Å²) in [6, 6.07) is 89.0. The average Bonchev–Trinajstić information content (AvgIpc) is 0.820. The van der Waals surface area contributed by atoms with E-state index >= 15 is 0 Å². The maximum Gasteiger partial charge on any atom is -0.0134 e. The van der Waals surface area contributed by atoms with Gasteiger partial charge in [0, 0.05) is 72.5 Å². The van der Waals surface area contributed by atoms with Crippen LogP contribution in [0.1, 0.15) is 203 Å². The molecule has 0 spiro atoms. The molecule has 0 saturated heterocycles. The topological polar surface area (TPSA) is 228 Å². The van der Waals surface area contributed by atoms with Crippen LogP contribution in [0.5, 0.6) is 0 Å². The minimum atomic E-state index is -0.847. The van der Waals surface area contributed by atoms with Crippen LogP contribution in [0.3, 0.4) is 0 Å². The van der Waals surface area contributed by atoms with Gasteiger partial charge in [0.1, 0.15) is 0 Å². The minimum absolute atomic E-state index is 0.00463. The molecule has 140 heavy (non-hydrogen) atoms. The summed E-state index contributed by atoms with van der Waals surface area (Å²) in [4.78, 5) is 74.9. The molecule has 0 atom stereocenters. The molecule has 0 bridgehead atoms. The zero-order chi connectivity index (χ0) is 107. The van der Waals surface area contributed by atoms with Crippen molar-refractivity contribution in [3.63, 3.8) is 0 Å². The summed E-state index contributed by atoms with van der Waals surface area (Å²) in [5, 5.41) is 44.6. The number of carboxylic acids is 4. The third kappa shape index (κ3) is 66.3. The van der Waals surface area contributed by atoms with Gasteiger partial charge in [-0.05, 0) is 211 Å². The molecule has 0 saturated carbocycles. The molecular formula is C118H141Br2Cl2IO14P2Pd. The Hall–Kier alpha value is -10.5. The van der Waals surface area contributed by atoms with E-state index in [1.54, 1.807) is 83.1 Å². The standard InChI is InChI=1S/2C18H15P.C15H18O2.C14H16O2.2C9H14O2.C8H12O2.C7H7I.C7H10O2.C5H7Br.C5H10O2.C3H3Br.2ClH.Pd/c2*1-4-10-16(11-5-1)19(17-12-6-2-7-13-17)18-14-8-3-9-15-18;1-12-7-9-13(10-8-12)6-5-11-15(2,3)14(16)17-4;1-11-6-8-12(9-7-11)5-4-10-14(2,3)13(15)16;2*1-4-5-6-7-9(2,3)8(10)11;1-5-6-8(2,3)7(9)10-4;1-6-2-4-7(8)5-3-6;1-4-5-7(2,3)6(8)9;1-2-3-4-5-6;1-4(2)5(6)7-3;1-2-3-4;;;/h2*1-15H;7-10H,11H2,1-4H3;6-9H,10H2,1-3H3,(H,15,16);2*4,7H2,1-3H3,(H,10,11);1H,6H2,2-4H3;2-5H,1H3;1H,5H2,2-3H3,(H,8,9);2,5H2,1H3;4H,1-3H3;1H,3H2;2*1H;/q;;;;;;;;;;;;;;+2/p-2. The van der Waals surface area contributed by atoms with Crippen LogP contribution in [0.2, 0.25) is 0 Å². The van der Waals surface area contributed by atoms with E-state index in [-0.39, 0.29) is 46.2 Å². The Labute approximate surface area is 888 Å². The van der Waals surface area contributed by atoms with Gasteiger partial charge in [-0.3, -0.25) is 33.6 Å². The Morgan fingerprint density at radius 1 is 0.343 bits per heavy atom. The monoisotopic (exact) mass is 2300 g/mol. The molecule has 0 aliphatic heterocycles. The van der Waals surface area contributed by atoms with E-state index in [1.807, 2.05) is 97.0 Å². The number of aliphatic carboxylic acids is 4. The molecule has 14 nitrogen and oxygen atoms in total. The molecule has 22 heteroatoms. The molecule has 9 aromatic carbocycles. The van der Waals surface area contributed by atoms with Crippen molar-refractivity contribution in [1.82, 2.24) is 0 Å². The second-order valence-corrected chi connectivity index (χ2v) is 43.3. The van der Waals surface area contributed by atoms with Gasteiger partial charge in [-0.2, -0.15) is 0 Å². The molecule has 0 fully saturated rings. The first-order valence-corrected chi connectivity index (χ1v) is 54.6. The first kappa shape index (κ1) is 136. The van der Waals surface area contributed by atoms with Gasteiger partial charge in [0.25, 0.3) is 0 Å². The van der Waals surface area contributed by atoms with Crippen LogP contribution in [0.15, 0.2) is 255 Å². The van der Waals surface area contributed by atoms with Crippen LogP contribution < -0.4 is 31.8 Å². The van der Waals surface area contributed by atoms with Crippen molar-refractivity contribution in [2.45, 2.75) is 196 Å². The summed E-state index contributed by atoms with van der Waals surface area (Å²) in [6.07, 6.45) is 19.7. The molecular weight excluding hydrogens is 2170 g/mol. The van der Waals surface area contributed by atoms with Gasteiger partial charge in [0.05, 0.1) is 70.4 Å². The fraction of sp³-hybridized carbons (Fsp3) is 0.347. The van der Waals surface area contributed by atoms with Gasteiger partial charge in [-0.25, -0.2) is 0 Å². The Morgan fingerprint density at radius 2 is 0.557 bits per heavy atom. The minimum Gasteiger partial charge on any atom is -0.0622 e. The van der Waals surface area contributed by atoms with Crippen molar-refractivity contribution in [3.8, 4) is 96.2 Å². The second kappa shape index (κ2) is 80.1. The number of carbonyl (C=O) groups is 7. The third-order valence-corrected chi connectivity index (χ3v) is 24.6. The largest absolute Gasteiger partial charge is 0.0622 e. The molecule has 0 radical (unpaired) electrons. The summed E-state index contributed by atoms with van der Waals surface area (Å²) in [5.41, 5.74) is 1.57. The fourth-order valence-electron chi connectivity index (χ4n) is 9.63. The third-order valence-electron chi connectivity index (χ3n) is 18.4. The maximum atomic E-state index is 11.4. The summed E-state index contributed by atoms with van der Waals surface area (Å²) >= 11 is 8.38. The molecule has 0 aliphatic carbocycles. The molecule has 4 N–H and O–H groups in total. The van der Waals surface area contributed by atoms with Gasteiger partial charge in [0.2, 0.25) is 0 Å². The second-order valence-electron chi connectivity index (χ2n) is 34.1. The van der Waals surface area contributed by atoms with Crippen molar-refractivity contribution in [2.24, 2.45) is 38.4 Å². The number of carboxylic acid groups (broad SMARTS) is 4. The SMILES string of the molecule is C#CCBr.C#CCC(C)(C)C(=O)O.C#CCC(C)(C)C(=O)OC.CCC#CCBr.CCC#CCC(C)(C)C(=O)O.CCC#CCC(C)(C)C(=O)O.COC(=O)C(C)(C)CC#Cc1ccc(C)cc1.COC(=O)C(C)C.Cc1ccc(C#CCC(C)(C)C(=O)O)cc1.Cc1ccc(I)cc1.[Cl][Pd][Cl].c1ccc(P(c2ccccc2)c2ccccc2)cc1.c1ccc(P(c2ccccc2)c2ccccc2)cc1. The summed E-state index contributed by atoms with van der Waals surface area (Å²) in [7, 11) is 12.9. The maximum absolute atomic E-state index is 11.4. The molecule has 0 aliphatic rings. The van der Waals surface area contributed by atoms with Crippen molar-refractivity contribution in [3.05, 3.63) is 286 Å². The van der Waals surface area contributed by atoms with Crippen LogP contribution in [0, 0.1) is 159 Å². The number of alkyl halides is 2. The number of esters is 3. The predicted octanol–water partition coefficient (Wildman–Crippen LogP) is 26.4. The van der Waals surface area contributed by atoms with E-state index in [1.165, 1.54) is 73.4 Å². The number of carbonyl (C=O) groups excluding carboxylic acids is 3. The Balaban J connectivity index is -0.000000734. The Kier molecular flexibility index (Phi) is 77.7. The van der Waals surface area contributed by atoms with Crippen molar-refractivity contribution in [1.29, 1.82) is 0 Å². The molecule has 0 amide bonds. The van der Waals surface area contributed by atoms with Crippen LogP contribution >= 0.6 is 89.4 Å². The number of hydrogen-bond donors (Lipinski definition) is 4. The number of rotatable bonds is 19. The zero-order valence-corrected chi connectivity index (χ0v) is 95.5. The Bertz CT molecular complexity index is 5090. The number of terminal acetylenes is 3. The zero-order valence-electron chi connectivity index (χ0n) is 85.3. The van der Waals surface area contributed by atoms with Crippen LogP contribution in [0.25, 0.3) is 0 Å². The first-order valence-electron chi connectivity index (χ1n) is 44.6. The number of halogens is 5. The normalized spacial score (nSPS) is 9.86. The predicted molar refractivity (Wildman–Crippen MR) is 602 cm³/mol. The molecule has 9 aromatic rings. The van der Waals surface area contributed by atoms with Crippen LogP contribution in [0.4, 0.5) is 0 Å². The van der Waals surface area contributed by atoms with E-state index in [2.05, 4.69) is 354 Å². The van der Waals surface area contributed by atoms with E-state index in [4.69, 9.17) is 63.5 Å². The fourth-order valence-corrected chi connectivity index (χ4v) is 14.8. The first-order chi connectivity index (χ1) is 66.0. The van der Waals surface area contributed by atoms with Crippen molar-refractivity contribution in [2.75, 3.05) is 32.0 Å². The van der Waals surface area contributed by atoms with E-state index in [9.17, 15) is 33.6 Å². The summed E-state index contributed by atoms with van der Waals surface area (Å²) in [6.45, 7) is 36.2. The molecule has 9 rings (SSSR count). The number of benzene rings is 9. The van der Waals surface area contributed by atoms with Gasteiger partial charge < -0.3 is 34.6 Å². The molecule has 0 heterocycles. The van der Waals surface area contributed by atoms with Gasteiger partial charge in [-0.1, -0.05) is 337 Å². The summed E-state index contributed by atoms with van der Waals surface area (Å²) in [5.74, 6) is 32.3. The number of methoxy groups -OCH3 is 3. The Morgan fingerprint density at radius 3 is 0.736 bits per heavy atom. The van der Waals surface area contributed by atoms with E-state index in [0.29, 0.717) is 37.4 Å². The molecule has 752 valence electrons. The quantitative estimate of drug-likeness (QED) is 0.0112. The van der Waals surface area contributed by atoms with E-state index < -0.39 is 72.2 Å². The molecule has 0 aromatic heterocycles. The van der Waals surface area contributed by atoms with Crippen LogP contribution in [-0.2, 0) is 63.7 Å². The van der Waals surface area contributed by atoms with Gasteiger partial charge in [-0.15, -0.1) is 60.7 Å². The smallest absolute Gasteiger partial charge is 0.0134 e. The van der Waals surface area contributed by atoms with Gasteiger partial charge in [0.15, 0.2) is 0 Å². The number of ether oxygens (including phenoxy) is 3. The van der Waals surface area contributed by atoms with Crippen molar-refractivity contribution >= 4 is 163 Å². The van der Waals surface area contributed by atoms with E-state index in [0.717, 1.165) is 35.7 Å². The number of hydrogen-bond acceptors (Lipinski definition) is 10. The number of aryl methyl sites for hydroxylation is 3. The van der Waals surface area contributed by atoms with Gasteiger partial charge >= 0.3 is 76.8 Å². The van der Waals surface area contributed by atoms with Crippen LogP contribution in [-0.4, -0.2) is 94.2 Å². The summed E-state index contributed by atoms with van der Waals surface area (Å²) < 4.78 is 14.9. The van der Waals surface area contributed by atoms with Crippen molar-refractivity contribution < 1.29 is 84.1 Å². The molecule has 0 unspecified atom stereocenters.